The number of amides is 1. The molecule has 1 atom stereocenters. The minimum absolute atomic E-state index is 0.239. The average Bonchev–Trinajstić information content (AvgIpc) is 2.43. The summed E-state index contributed by atoms with van der Waals surface area (Å²) in [6.45, 7) is 4.35. The SMILES string of the molecule is CCCCCCC(C)NC(=O)CCC1CCC(N)CC1. The van der Waals surface area contributed by atoms with Crippen LogP contribution in [0.15, 0.2) is 0 Å². The number of carbonyl (C=O) groups excluding carboxylic acids is 1. The predicted molar refractivity (Wildman–Crippen MR) is 85.5 cm³/mol. The summed E-state index contributed by atoms with van der Waals surface area (Å²) < 4.78 is 0. The summed E-state index contributed by atoms with van der Waals surface area (Å²) in [5.41, 5.74) is 5.91. The van der Waals surface area contributed by atoms with E-state index in [4.69, 9.17) is 5.73 Å². The first-order valence-corrected chi connectivity index (χ1v) is 8.66. The third kappa shape index (κ3) is 7.88. The van der Waals surface area contributed by atoms with Gasteiger partial charge < -0.3 is 11.1 Å². The monoisotopic (exact) mass is 282 g/mol. The van der Waals surface area contributed by atoms with Gasteiger partial charge in [0.15, 0.2) is 0 Å². The van der Waals surface area contributed by atoms with Crippen molar-refractivity contribution in [1.29, 1.82) is 0 Å². The van der Waals surface area contributed by atoms with Crippen LogP contribution in [-0.2, 0) is 4.79 Å². The zero-order chi connectivity index (χ0) is 14.8. The van der Waals surface area contributed by atoms with Crippen LogP contribution in [-0.4, -0.2) is 18.0 Å². The molecular formula is C17H34N2O. The minimum Gasteiger partial charge on any atom is -0.354 e. The summed E-state index contributed by atoms with van der Waals surface area (Å²) in [6.07, 6.45) is 12.7. The van der Waals surface area contributed by atoms with Crippen LogP contribution in [0.25, 0.3) is 0 Å². The average molecular weight is 282 g/mol. The Balaban J connectivity index is 2.04. The molecule has 0 aliphatic heterocycles. The van der Waals surface area contributed by atoms with Crippen LogP contribution in [0.2, 0.25) is 0 Å². The largest absolute Gasteiger partial charge is 0.354 e. The van der Waals surface area contributed by atoms with E-state index in [2.05, 4.69) is 19.2 Å². The number of hydrogen-bond donors (Lipinski definition) is 2. The molecule has 0 bridgehead atoms. The highest BCUT2D eigenvalue weighted by Gasteiger charge is 2.19. The van der Waals surface area contributed by atoms with Crippen molar-refractivity contribution >= 4 is 5.91 Å². The number of carbonyl (C=O) groups is 1. The maximum Gasteiger partial charge on any atom is 0.220 e. The molecule has 0 heterocycles. The smallest absolute Gasteiger partial charge is 0.220 e. The van der Waals surface area contributed by atoms with Crippen molar-refractivity contribution in [2.75, 3.05) is 0 Å². The topological polar surface area (TPSA) is 55.1 Å². The molecule has 3 N–H and O–H groups in total. The van der Waals surface area contributed by atoms with Crippen molar-refractivity contribution < 1.29 is 4.79 Å². The highest BCUT2D eigenvalue weighted by atomic mass is 16.1. The van der Waals surface area contributed by atoms with Gasteiger partial charge in [-0.05, 0) is 51.4 Å². The van der Waals surface area contributed by atoms with E-state index in [-0.39, 0.29) is 5.91 Å². The Bertz CT molecular complexity index is 260. The Morgan fingerprint density at radius 3 is 2.55 bits per heavy atom. The lowest BCUT2D eigenvalue weighted by Gasteiger charge is -2.26. The second kappa shape index (κ2) is 10.2. The molecule has 0 saturated heterocycles. The minimum atomic E-state index is 0.239. The molecule has 1 saturated carbocycles. The zero-order valence-corrected chi connectivity index (χ0v) is 13.5. The third-order valence-electron chi connectivity index (χ3n) is 4.57. The van der Waals surface area contributed by atoms with Crippen LogP contribution in [0.3, 0.4) is 0 Å². The van der Waals surface area contributed by atoms with Gasteiger partial charge in [0, 0.05) is 18.5 Å². The van der Waals surface area contributed by atoms with Crippen molar-refractivity contribution in [2.24, 2.45) is 11.7 Å². The molecule has 0 radical (unpaired) electrons. The summed E-state index contributed by atoms with van der Waals surface area (Å²) in [6, 6.07) is 0.738. The molecule has 1 aliphatic rings. The number of hydrogen-bond acceptors (Lipinski definition) is 2. The fourth-order valence-corrected chi connectivity index (χ4v) is 3.11. The van der Waals surface area contributed by atoms with Crippen LogP contribution >= 0.6 is 0 Å². The quantitative estimate of drug-likeness (QED) is 0.633. The zero-order valence-electron chi connectivity index (χ0n) is 13.5. The molecule has 1 rings (SSSR count). The van der Waals surface area contributed by atoms with E-state index in [0.717, 1.165) is 31.6 Å². The maximum absolute atomic E-state index is 11.9. The third-order valence-corrected chi connectivity index (χ3v) is 4.57. The molecule has 0 spiro atoms. The highest BCUT2D eigenvalue weighted by Crippen LogP contribution is 2.26. The van der Waals surface area contributed by atoms with Gasteiger partial charge in [-0.3, -0.25) is 4.79 Å². The highest BCUT2D eigenvalue weighted by molar-refractivity contribution is 5.76. The number of nitrogens with one attached hydrogen (secondary N) is 1. The summed E-state index contributed by atoms with van der Waals surface area (Å²) >= 11 is 0. The Labute approximate surface area is 125 Å². The van der Waals surface area contributed by atoms with Crippen LogP contribution in [0.1, 0.15) is 84.5 Å². The Kier molecular flexibility index (Phi) is 8.92. The van der Waals surface area contributed by atoms with Gasteiger partial charge in [0.05, 0.1) is 0 Å². The number of nitrogens with two attached hydrogens (primary N) is 1. The molecule has 0 aromatic rings. The van der Waals surface area contributed by atoms with Crippen LogP contribution < -0.4 is 11.1 Å². The van der Waals surface area contributed by atoms with Gasteiger partial charge in [0.2, 0.25) is 5.91 Å². The van der Waals surface area contributed by atoms with E-state index in [9.17, 15) is 4.79 Å². The summed E-state index contributed by atoms with van der Waals surface area (Å²) in [7, 11) is 0. The van der Waals surface area contributed by atoms with E-state index in [1.54, 1.807) is 0 Å². The van der Waals surface area contributed by atoms with E-state index < -0.39 is 0 Å². The molecular weight excluding hydrogens is 248 g/mol. The molecule has 1 unspecified atom stereocenters. The molecule has 3 heteroatoms. The van der Waals surface area contributed by atoms with E-state index in [1.807, 2.05) is 0 Å². The van der Waals surface area contributed by atoms with Crippen LogP contribution in [0.4, 0.5) is 0 Å². The molecule has 1 amide bonds. The van der Waals surface area contributed by atoms with Crippen LogP contribution in [0, 0.1) is 5.92 Å². The van der Waals surface area contributed by atoms with Gasteiger partial charge in [-0.15, -0.1) is 0 Å². The van der Waals surface area contributed by atoms with E-state index in [0.29, 0.717) is 18.5 Å². The lowest BCUT2D eigenvalue weighted by atomic mass is 9.84. The van der Waals surface area contributed by atoms with Gasteiger partial charge in [0.25, 0.3) is 0 Å². The number of unbranched alkanes of at least 4 members (excludes halogenated alkanes) is 3. The van der Waals surface area contributed by atoms with E-state index in [1.165, 1.54) is 38.5 Å². The summed E-state index contributed by atoms with van der Waals surface area (Å²) in [5, 5.41) is 3.14. The van der Waals surface area contributed by atoms with Crippen molar-refractivity contribution in [3.63, 3.8) is 0 Å². The molecule has 0 aromatic carbocycles. The molecule has 1 aliphatic carbocycles. The second-order valence-corrected chi connectivity index (χ2v) is 6.64. The normalized spacial score (nSPS) is 24.4. The fourth-order valence-electron chi connectivity index (χ4n) is 3.11. The first-order valence-electron chi connectivity index (χ1n) is 8.66. The maximum atomic E-state index is 11.9. The molecule has 20 heavy (non-hydrogen) atoms. The Hall–Kier alpha value is -0.570. The van der Waals surface area contributed by atoms with Gasteiger partial charge in [-0.25, -0.2) is 0 Å². The standard InChI is InChI=1S/C17H34N2O/c1-3-4-5-6-7-14(2)19-17(20)13-10-15-8-11-16(18)12-9-15/h14-16H,3-13,18H2,1-2H3,(H,19,20). The van der Waals surface area contributed by atoms with Crippen molar-refractivity contribution in [3.05, 3.63) is 0 Å². The molecule has 3 nitrogen and oxygen atoms in total. The van der Waals surface area contributed by atoms with Gasteiger partial charge in [-0.1, -0.05) is 32.6 Å². The van der Waals surface area contributed by atoms with Crippen LogP contribution in [0.5, 0.6) is 0 Å². The van der Waals surface area contributed by atoms with Crippen molar-refractivity contribution in [1.82, 2.24) is 5.32 Å². The fraction of sp³-hybridized carbons (Fsp3) is 0.941. The van der Waals surface area contributed by atoms with E-state index >= 15 is 0 Å². The van der Waals surface area contributed by atoms with Gasteiger partial charge >= 0.3 is 0 Å². The van der Waals surface area contributed by atoms with Crippen molar-refractivity contribution in [2.45, 2.75) is 96.6 Å². The second-order valence-electron chi connectivity index (χ2n) is 6.64. The Morgan fingerprint density at radius 1 is 1.20 bits per heavy atom. The first kappa shape index (κ1) is 17.5. The molecule has 0 aromatic heterocycles. The lowest BCUT2D eigenvalue weighted by molar-refractivity contribution is -0.122. The Morgan fingerprint density at radius 2 is 1.90 bits per heavy atom. The van der Waals surface area contributed by atoms with Gasteiger partial charge in [0.1, 0.15) is 0 Å². The predicted octanol–water partition coefficient (Wildman–Crippen LogP) is 3.76. The first-order chi connectivity index (χ1) is 9.61. The molecule has 118 valence electrons. The number of rotatable bonds is 9. The summed E-state index contributed by atoms with van der Waals surface area (Å²) in [5.74, 6) is 0.961. The van der Waals surface area contributed by atoms with Crippen molar-refractivity contribution in [3.8, 4) is 0 Å². The molecule has 1 fully saturated rings. The van der Waals surface area contributed by atoms with Gasteiger partial charge in [-0.2, -0.15) is 0 Å². The lowest BCUT2D eigenvalue weighted by Crippen LogP contribution is -2.33. The summed E-state index contributed by atoms with van der Waals surface area (Å²) in [4.78, 5) is 11.9.